The summed E-state index contributed by atoms with van der Waals surface area (Å²) in [6.45, 7) is 9.06. The number of aliphatic carboxylic acids is 3. The van der Waals surface area contributed by atoms with Crippen molar-refractivity contribution in [1.82, 2.24) is 0 Å². The number of fused-ring (bicyclic) bond motifs is 2. The maximum absolute atomic E-state index is 13.0. The maximum atomic E-state index is 13.0. The lowest BCUT2D eigenvalue weighted by Gasteiger charge is -2.48. The number of benzene rings is 1. The van der Waals surface area contributed by atoms with Gasteiger partial charge in [0.2, 0.25) is 23.1 Å². The van der Waals surface area contributed by atoms with Gasteiger partial charge in [0.1, 0.15) is 12.2 Å². The molecule has 1 aromatic rings. The second kappa shape index (κ2) is 15.4. The third-order valence-electron chi connectivity index (χ3n) is 8.75. The fourth-order valence-corrected chi connectivity index (χ4v) is 6.38. The Morgan fingerprint density at radius 1 is 0.979 bits per heavy atom. The first kappa shape index (κ1) is 37.6. The van der Waals surface area contributed by atoms with Gasteiger partial charge in [0.05, 0.1) is 0 Å². The number of unbranched alkanes of at least 4 members (excludes halogenated alkanes) is 4. The summed E-state index contributed by atoms with van der Waals surface area (Å²) in [7, 11) is 0. The number of ether oxygens (including phenoxy) is 4. The number of esters is 2. The molecule has 5 N–H and O–H groups in total. The van der Waals surface area contributed by atoms with E-state index in [2.05, 4.69) is 6.58 Å². The highest BCUT2D eigenvalue weighted by molar-refractivity contribution is 5.97. The molecule has 14 nitrogen and oxygen atoms in total. The van der Waals surface area contributed by atoms with Crippen molar-refractivity contribution in [1.29, 1.82) is 0 Å². The fourth-order valence-electron chi connectivity index (χ4n) is 6.38. The highest BCUT2D eigenvalue weighted by Crippen LogP contribution is 2.55. The summed E-state index contributed by atoms with van der Waals surface area (Å²) in [4.78, 5) is 62.5. The van der Waals surface area contributed by atoms with E-state index in [1.54, 1.807) is 0 Å². The van der Waals surface area contributed by atoms with E-state index in [9.17, 15) is 49.5 Å². The van der Waals surface area contributed by atoms with Crippen molar-refractivity contribution in [3.8, 4) is 0 Å². The standard InChI is InChI=1S/C33H44O14/c1-5-6-7-8-12-15-23(35)45-26-25(36)33(30(41)42)32(43,29(39)40)27(28(37)38)46-31(26,47-33)17-16-19(2)24(44-21(4)34)20(3)18-22-13-10-9-11-14-22/h9-11,13-14,20,24-27,36,43H,2,5-8,12,15-18H2,1,3-4H3,(H,37,38)(H,39,40)(H,41,42)/t20-,24-,25-,26-,27-,31+,32-,33+/m1/s1. The molecular weight excluding hydrogens is 620 g/mol. The number of aliphatic hydroxyl groups excluding tert-OH is 1. The van der Waals surface area contributed by atoms with Crippen LogP contribution >= 0.6 is 0 Å². The first-order valence-electron chi connectivity index (χ1n) is 15.6. The molecule has 0 amide bonds. The molecular formula is C33H44O14. The van der Waals surface area contributed by atoms with Crippen LogP contribution in [0.25, 0.3) is 0 Å². The Morgan fingerprint density at radius 3 is 2.17 bits per heavy atom. The average molecular weight is 665 g/mol. The van der Waals surface area contributed by atoms with Gasteiger partial charge in [0, 0.05) is 25.7 Å². The van der Waals surface area contributed by atoms with Crippen LogP contribution in [-0.4, -0.2) is 96.8 Å². The molecule has 2 fully saturated rings. The summed E-state index contributed by atoms with van der Waals surface area (Å²) in [5.74, 6) is -11.1. The number of rotatable bonds is 18. The van der Waals surface area contributed by atoms with Crippen LogP contribution in [0.5, 0.6) is 0 Å². The highest BCUT2D eigenvalue weighted by Gasteiger charge is 2.85. The molecule has 0 aliphatic carbocycles. The van der Waals surface area contributed by atoms with Crippen molar-refractivity contribution in [3.05, 3.63) is 48.0 Å². The van der Waals surface area contributed by atoms with Crippen molar-refractivity contribution in [2.24, 2.45) is 5.92 Å². The van der Waals surface area contributed by atoms with Gasteiger partial charge in [0.15, 0.2) is 6.10 Å². The number of carbonyl (C=O) groups excluding carboxylic acids is 2. The molecule has 47 heavy (non-hydrogen) atoms. The van der Waals surface area contributed by atoms with Crippen LogP contribution in [0.15, 0.2) is 42.5 Å². The quantitative estimate of drug-likeness (QED) is 0.0865. The Morgan fingerprint density at radius 2 is 1.62 bits per heavy atom. The summed E-state index contributed by atoms with van der Waals surface area (Å²) in [5, 5.41) is 52.8. The number of aliphatic hydroxyl groups is 2. The molecule has 2 saturated heterocycles. The van der Waals surface area contributed by atoms with Crippen LogP contribution in [0.4, 0.5) is 0 Å². The molecule has 2 bridgehead atoms. The summed E-state index contributed by atoms with van der Waals surface area (Å²) in [6, 6.07) is 9.31. The summed E-state index contributed by atoms with van der Waals surface area (Å²) < 4.78 is 22.3. The third kappa shape index (κ3) is 7.51. The minimum absolute atomic E-state index is 0.160. The predicted molar refractivity (Wildman–Crippen MR) is 162 cm³/mol. The van der Waals surface area contributed by atoms with E-state index in [0.29, 0.717) is 19.3 Å². The Hall–Kier alpha value is -3.85. The number of hydrogen-bond donors (Lipinski definition) is 5. The van der Waals surface area contributed by atoms with Gasteiger partial charge in [-0.1, -0.05) is 76.4 Å². The van der Waals surface area contributed by atoms with Gasteiger partial charge >= 0.3 is 29.8 Å². The van der Waals surface area contributed by atoms with Gasteiger partial charge in [0.25, 0.3) is 0 Å². The lowest BCUT2D eigenvalue weighted by Crippen LogP contribution is -2.77. The maximum Gasteiger partial charge on any atom is 0.343 e. The van der Waals surface area contributed by atoms with Gasteiger partial charge in [-0.05, 0) is 30.4 Å². The predicted octanol–water partition coefficient (Wildman–Crippen LogP) is 2.62. The van der Waals surface area contributed by atoms with E-state index in [4.69, 9.17) is 18.9 Å². The van der Waals surface area contributed by atoms with Crippen LogP contribution < -0.4 is 0 Å². The van der Waals surface area contributed by atoms with Crippen molar-refractivity contribution in [2.75, 3.05) is 0 Å². The number of carbonyl (C=O) groups is 5. The van der Waals surface area contributed by atoms with Gasteiger partial charge in [-0.3, -0.25) is 9.59 Å². The molecule has 260 valence electrons. The largest absolute Gasteiger partial charge is 0.479 e. The summed E-state index contributed by atoms with van der Waals surface area (Å²) >= 11 is 0. The van der Waals surface area contributed by atoms with Gasteiger partial charge in [-0.15, -0.1) is 0 Å². The van der Waals surface area contributed by atoms with Crippen molar-refractivity contribution in [3.63, 3.8) is 0 Å². The third-order valence-corrected chi connectivity index (χ3v) is 8.75. The van der Waals surface area contributed by atoms with Crippen LogP contribution in [0.1, 0.15) is 77.7 Å². The zero-order chi connectivity index (χ0) is 35.2. The molecule has 0 radical (unpaired) electrons. The molecule has 1 aromatic carbocycles. The van der Waals surface area contributed by atoms with Gasteiger partial charge in [-0.2, -0.15) is 0 Å². The zero-order valence-corrected chi connectivity index (χ0v) is 26.8. The lowest BCUT2D eigenvalue weighted by molar-refractivity contribution is -0.374. The average Bonchev–Trinajstić information content (AvgIpc) is 3.22. The Kier molecular flexibility index (Phi) is 12.3. The molecule has 0 unspecified atom stereocenters. The van der Waals surface area contributed by atoms with Crippen molar-refractivity contribution < 1.29 is 68.5 Å². The fraction of sp³-hybridized carbons (Fsp3) is 0.606. The lowest BCUT2D eigenvalue weighted by atomic mass is 9.74. The topological polar surface area (TPSA) is 223 Å². The minimum Gasteiger partial charge on any atom is -0.479 e. The Labute approximate surface area is 272 Å². The monoisotopic (exact) mass is 664 g/mol. The first-order chi connectivity index (χ1) is 22.1. The summed E-state index contributed by atoms with van der Waals surface area (Å²) in [5.41, 5.74) is -6.20. The van der Waals surface area contributed by atoms with E-state index >= 15 is 0 Å². The summed E-state index contributed by atoms with van der Waals surface area (Å²) in [6.07, 6.45) is -5.03. The zero-order valence-electron chi connectivity index (χ0n) is 26.8. The van der Waals surface area contributed by atoms with Crippen molar-refractivity contribution in [2.45, 2.75) is 120 Å². The number of hydrogen-bond acceptors (Lipinski definition) is 11. The second-order valence-corrected chi connectivity index (χ2v) is 12.2. The van der Waals surface area contributed by atoms with Crippen LogP contribution in [0, 0.1) is 5.92 Å². The van der Waals surface area contributed by atoms with E-state index in [1.807, 2.05) is 44.2 Å². The minimum atomic E-state index is -3.86. The first-order valence-corrected chi connectivity index (χ1v) is 15.6. The molecule has 2 heterocycles. The molecule has 3 rings (SSSR count). The number of carboxylic acids is 3. The van der Waals surface area contributed by atoms with E-state index in [-0.39, 0.29) is 24.3 Å². The second-order valence-electron chi connectivity index (χ2n) is 12.2. The molecule has 0 spiro atoms. The normalized spacial score (nSPS) is 29.3. The van der Waals surface area contributed by atoms with E-state index in [0.717, 1.165) is 24.8 Å². The van der Waals surface area contributed by atoms with Gasteiger partial charge < -0.3 is 44.5 Å². The molecule has 2 aliphatic rings. The Bertz CT molecular complexity index is 1330. The molecule has 0 aromatic heterocycles. The number of carboxylic acid groups (broad SMARTS) is 3. The Balaban J connectivity index is 2.00. The van der Waals surface area contributed by atoms with Gasteiger partial charge in [-0.25, -0.2) is 14.4 Å². The van der Waals surface area contributed by atoms with E-state index < -0.39 is 77.7 Å². The van der Waals surface area contributed by atoms with Crippen LogP contribution in [0.3, 0.4) is 0 Å². The molecule has 14 heteroatoms. The van der Waals surface area contributed by atoms with Crippen LogP contribution in [-0.2, 0) is 49.3 Å². The van der Waals surface area contributed by atoms with Crippen LogP contribution in [0.2, 0.25) is 0 Å². The molecule has 0 saturated carbocycles. The smallest absolute Gasteiger partial charge is 0.343 e. The van der Waals surface area contributed by atoms with Crippen molar-refractivity contribution >= 4 is 29.8 Å². The molecule has 8 atom stereocenters. The molecule has 2 aliphatic heterocycles. The van der Waals surface area contributed by atoms with E-state index in [1.165, 1.54) is 6.92 Å². The SMILES string of the molecule is C=C(CC[C@]12O[C@H](C(=O)O)[C@@](O)(C(=O)O)[C@](C(=O)O)(O1)[C@H](O)[C@H]2OC(=O)CCCCCCC)[C@@H](OC(C)=O)[C@H](C)Cc1ccccc1. The highest BCUT2D eigenvalue weighted by atomic mass is 16.8.